The van der Waals surface area contributed by atoms with Gasteiger partial charge in [-0.25, -0.2) is 0 Å². The van der Waals surface area contributed by atoms with Crippen LogP contribution in [0, 0.1) is 22.1 Å². The van der Waals surface area contributed by atoms with Gasteiger partial charge in [0.2, 0.25) is 5.39 Å². The summed E-state index contributed by atoms with van der Waals surface area (Å²) >= 11 is 0. The number of carbonyl (C=O) groups excluding carboxylic acids is 1. The van der Waals surface area contributed by atoms with Crippen LogP contribution in [0.2, 0.25) is 0 Å². The molecule has 0 aromatic heterocycles. The Bertz CT molecular complexity index is 461. The van der Waals surface area contributed by atoms with Gasteiger partial charge in [-0.1, -0.05) is 13.8 Å². The number of fused-ring (bicyclic) bond motifs is 2. The first-order valence-electron chi connectivity index (χ1n) is 5.72. The summed E-state index contributed by atoms with van der Waals surface area (Å²) in [5.74, 6) is -0.385. The summed E-state index contributed by atoms with van der Waals surface area (Å²) in [7, 11) is 0. The second kappa shape index (κ2) is 3.22. The molecule has 0 spiro atoms. The van der Waals surface area contributed by atoms with Crippen LogP contribution < -0.4 is 0 Å². The third-order valence-electron chi connectivity index (χ3n) is 4.78. The van der Waals surface area contributed by atoms with Gasteiger partial charge >= 0.3 is 11.7 Å². The van der Waals surface area contributed by atoms with E-state index in [1.165, 1.54) is 6.92 Å². The zero-order valence-corrected chi connectivity index (χ0v) is 10.5. The molecule has 92 valence electrons. The number of diazo groups is 1. The van der Waals surface area contributed by atoms with Gasteiger partial charge in [-0.3, -0.25) is 4.79 Å². The SMILES string of the molecule is CC(=O)OC1CC2C([N+]#N)=C(O)C1(C)C2(C)C. The van der Waals surface area contributed by atoms with Crippen LogP contribution in [-0.2, 0) is 9.53 Å². The minimum absolute atomic E-state index is 0.0486. The van der Waals surface area contributed by atoms with E-state index in [0.717, 1.165) is 0 Å². The Morgan fingerprint density at radius 3 is 2.53 bits per heavy atom. The molecule has 0 radical (unpaired) electrons. The molecule has 0 aromatic carbocycles. The molecule has 0 aliphatic heterocycles. The molecule has 2 bridgehead atoms. The molecule has 2 rings (SSSR count). The van der Waals surface area contributed by atoms with Gasteiger partial charge in [0, 0.05) is 13.3 Å². The van der Waals surface area contributed by atoms with Gasteiger partial charge < -0.3 is 9.84 Å². The molecule has 0 amide bonds. The van der Waals surface area contributed by atoms with Gasteiger partial charge in [0.05, 0.1) is 11.3 Å². The normalized spacial score (nSPS) is 38.1. The lowest BCUT2D eigenvalue weighted by molar-refractivity contribution is -0.153. The molecule has 1 fully saturated rings. The predicted molar refractivity (Wildman–Crippen MR) is 60.3 cm³/mol. The second-order valence-electron chi connectivity index (χ2n) is 5.64. The molecule has 17 heavy (non-hydrogen) atoms. The molecule has 3 atom stereocenters. The van der Waals surface area contributed by atoms with Gasteiger partial charge in [0.25, 0.3) is 0 Å². The topological polar surface area (TPSA) is 74.7 Å². The lowest BCUT2D eigenvalue weighted by Crippen LogP contribution is -2.40. The molecule has 2 aliphatic rings. The van der Waals surface area contributed by atoms with Crippen molar-refractivity contribution in [3.63, 3.8) is 0 Å². The minimum atomic E-state index is -0.676. The number of allylic oxidation sites excluding steroid dienone is 1. The molecule has 3 unspecified atom stereocenters. The number of hydrogen-bond acceptors (Lipinski definition) is 4. The molecule has 5 nitrogen and oxygen atoms in total. The molecular formula is C12H17N2O3+. The highest BCUT2D eigenvalue weighted by Gasteiger charge is 2.72. The summed E-state index contributed by atoms with van der Waals surface area (Å²) in [6, 6.07) is 0. The number of carbonyl (C=O) groups is 1. The summed E-state index contributed by atoms with van der Waals surface area (Å²) in [5.41, 5.74) is -0.634. The summed E-state index contributed by atoms with van der Waals surface area (Å²) in [5, 5.41) is 19.2. The Balaban J connectivity index is 2.49. The monoisotopic (exact) mass is 237 g/mol. The van der Waals surface area contributed by atoms with Crippen molar-refractivity contribution < 1.29 is 14.6 Å². The molecule has 1 saturated carbocycles. The summed E-state index contributed by atoms with van der Waals surface area (Å²) in [6.45, 7) is 7.21. The number of rotatable bonds is 1. The molecule has 0 saturated heterocycles. The molecule has 1 N–H and O–H groups in total. The number of ether oxygens (including phenoxy) is 1. The zero-order valence-electron chi connectivity index (χ0n) is 10.5. The van der Waals surface area contributed by atoms with E-state index < -0.39 is 5.41 Å². The first-order valence-corrected chi connectivity index (χ1v) is 5.72. The molecule has 0 heterocycles. The van der Waals surface area contributed by atoms with Crippen molar-refractivity contribution in [3.05, 3.63) is 16.4 Å². The molecule has 2 aliphatic carbocycles. The van der Waals surface area contributed by atoms with E-state index in [4.69, 9.17) is 10.1 Å². The van der Waals surface area contributed by atoms with Crippen molar-refractivity contribution in [2.75, 3.05) is 0 Å². The van der Waals surface area contributed by atoms with E-state index in [-0.39, 0.29) is 29.2 Å². The quantitative estimate of drug-likeness (QED) is 0.562. The Morgan fingerprint density at radius 1 is 1.53 bits per heavy atom. The predicted octanol–water partition coefficient (Wildman–Crippen LogP) is 2.61. The fourth-order valence-corrected chi connectivity index (χ4v) is 3.35. The van der Waals surface area contributed by atoms with Crippen LogP contribution in [0.4, 0.5) is 0 Å². The smallest absolute Gasteiger partial charge is 0.402 e. The largest absolute Gasteiger partial charge is 0.505 e. The lowest BCUT2D eigenvalue weighted by Gasteiger charge is -2.36. The number of esters is 1. The fraction of sp³-hybridized carbons (Fsp3) is 0.750. The van der Waals surface area contributed by atoms with Crippen molar-refractivity contribution in [2.45, 2.75) is 40.2 Å². The lowest BCUT2D eigenvalue weighted by atomic mass is 9.69. The van der Waals surface area contributed by atoms with Gasteiger partial charge in [-0.15, -0.1) is 0 Å². The average molecular weight is 237 g/mol. The second-order valence-corrected chi connectivity index (χ2v) is 5.64. The number of aliphatic hydroxyl groups is 1. The minimum Gasteiger partial charge on any atom is -0.505 e. The fourth-order valence-electron chi connectivity index (χ4n) is 3.35. The van der Waals surface area contributed by atoms with Crippen molar-refractivity contribution in [1.82, 2.24) is 0 Å². The zero-order chi connectivity index (χ0) is 13.0. The number of aliphatic hydroxyl groups excluding tert-OH is 1. The molecule has 0 aromatic rings. The first-order chi connectivity index (χ1) is 7.76. The average Bonchev–Trinajstić information content (AvgIpc) is 2.48. The van der Waals surface area contributed by atoms with E-state index in [9.17, 15) is 9.90 Å². The van der Waals surface area contributed by atoms with E-state index in [2.05, 4.69) is 4.98 Å². The van der Waals surface area contributed by atoms with Crippen LogP contribution in [0.25, 0.3) is 4.98 Å². The van der Waals surface area contributed by atoms with Crippen LogP contribution in [0.3, 0.4) is 0 Å². The maximum absolute atomic E-state index is 11.1. The van der Waals surface area contributed by atoms with Crippen LogP contribution in [0.1, 0.15) is 34.1 Å². The summed E-state index contributed by atoms with van der Waals surface area (Å²) in [6.07, 6.45) is 0.234. The third-order valence-corrected chi connectivity index (χ3v) is 4.78. The van der Waals surface area contributed by atoms with Crippen molar-refractivity contribution in [1.29, 1.82) is 5.39 Å². The van der Waals surface area contributed by atoms with E-state index in [1.54, 1.807) is 0 Å². The van der Waals surface area contributed by atoms with Crippen LogP contribution in [-0.4, -0.2) is 17.2 Å². The van der Waals surface area contributed by atoms with Gasteiger partial charge in [0.15, 0.2) is 10.7 Å². The van der Waals surface area contributed by atoms with E-state index >= 15 is 0 Å². The summed E-state index contributed by atoms with van der Waals surface area (Å²) in [4.78, 5) is 14.3. The first kappa shape index (κ1) is 11.9. The maximum atomic E-state index is 11.1. The molecule has 5 heteroatoms. The van der Waals surface area contributed by atoms with Crippen LogP contribution in [0.15, 0.2) is 11.5 Å². The van der Waals surface area contributed by atoms with Crippen molar-refractivity contribution in [3.8, 4) is 0 Å². The number of nitrogens with zero attached hydrogens (tertiary/aromatic N) is 2. The van der Waals surface area contributed by atoms with Gasteiger partial charge in [-0.2, -0.15) is 0 Å². The van der Waals surface area contributed by atoms with Gasteiger partial charge in [-0.05, 0) is 12.3 Å². The van der Waals surface area contributed by atoms with Gasteiger partial charge in [0.1, 0.15) is 6.10 Å². The van der Waals surface area contributed by atoms with Crippen LogP contribution in [0.5, 0.6) is 0 Å². The molecular weight excluding hydrogens is 220 g/mol. The Hall–Kier alpha value is -1.57. The Labute approximate surface area is 100 Å². The highest BCUT2D eigenvalue weighted by molar-refractivity contribution is 5.66. The highest BCUT2D eigenvalue weighted by Crippen LogP contribution is 2.68. The maximum Gasteiger partial charge on any atom is 0.402 e. The van der Waals surface area contributed by atoms with Crippen molar-refractivity contribution in [2.24, 2.45) is 16.7 Å². The van der Waals surface area contributed by atoms with Crippen LogP contribution >= 0.6 is 0 Å². The Morgan fingerprint density at radius 2 is 2.12 bits per heavy atom. The highest BCUT2D eigenvalue weighted by atomic mass is 16.5. The summed E-state index contributed by atoms with van der Waals surface area (Å²) < 4.78 is 5.29. The standard InChI is InChI=1S/C12H16N2O3/c1-6(15)17-8-5-7-9(14-13)10(16)12(8,4)11(7,2)3/h7-8H,5H2,1-4H3/p+1. The van der Waals surface area contributed by atoms with Crippen molar-refractivity contribution >= 4 is 5.97 Å². The Kier molecular flexibility index (Phi) is 2.25. The third kappa shape index (κ3) is 1.18. The van der Waals surface area contributed by atoms with E-state index in [1.807, 2.05) is 20.8 Å². The van der Waals surface area contributed by atoms with E-state index in [0.29, 0.717) is 12.1 Å². The number of hydrogen-bond donors (Lipinski definition) is 1.